The third-order valence-corrected chi connectivity index (χ3v) is 10.9. The van der Waals surface area contributed by atoms with Crippen molar-refractivity contribution in [3.63, 3.8) is 0 Å². The lowest BCUT2D eigenvalue weighted by Gasteiger charge is -2.58. The van der Waals surface area contributed by atoms with Gasteiger partial charge in [0.2, 0.25) is 0 Å². The zero-order valence-corrected chi connectivity index (χ0v) is 24.3. The normalized spacial score (nSPS) is 39.1. The van der Waals surface area contributed by atoms with Gasteiger partial charge in [-0.15, -0.1) is 0 Å². The molecule has 0 aromatic rings. The number of fused-ring (bicyclic) bond motifs is 5. The molecule has 0 spiro atoms. The van der Waals surface area contributed by atoms with Gasteiger partial charge in [-0.2, -0.15) is 0 Å². The highest BCUT2D eigenvalue weighted by Crippen LogP contribution is 2.66. The Hall–Kier alpha value is -0.870. The standard InChI is InChI=1S/C32H54O4/c1-21(2)28(33)10-8-9-22-12-14-26-25-13-11-23-19-24(35-20-29(34)36-30(3,4)5)15-17-32(23,7)27(25)16-18-31(22,26)6/h11,21-22,24-28,33H,8-10,12-20H2,1-7H3. The van der Waals surface area contributed by atoms with Gasteiger partial charge in [0.1, 0.15) is 12.2 Å². The van der Waals surface area contributed by atoms with Crippen LogP contribution in [0.15, 0.2) is 11.6 Å². The topological polar surface area (TPSA) is 55.8 Å². The Kier molecular flexibility index (Phi) is 8.38. The average Bonchev–Trinajstić information content (AvgIpc) is 3.12. The maximum atomic E-state index is 12.2. The Bertz CT molecular complexity index is 809. The number of carbonyl (C=O) groups is 1. The van der Waals surface area contributed by atoms with Crippen molar-refractivity contribution in [2.45, 2.75) is 137 Å². The molecule has 4 rings (SSSR count). The number of hydrogen-bond acceptors (Lipinski definition) is 4. The fourth-order valence-electron chi connectivity index (χ4n) is 8.82. The Labute approximate surface area is 221 Å². The SMILES string of the molecule is CC(C)C(O)CCCC1CCC2C3CC=C4CC(OCC(=O)OC(C)(C)C)CCC4(C)C3CCC12C. The van der Waals surface area contributed by atoms with E-state index in [1.165, 1.54) is 51.4 Å². The van der Waals surface area contributed by atoms with E-state index >= 15 is 0 Å². The van der Waals surface area contributed by atoms with Crippen LogP contribution >= 0.6 is 0 Å². The molecule has 206 valence electrons. The van der Waals surface area contributed by atoms with E-state index in [9.17, 15) is 9.90 Å². The molecule has 4 aliphatic rings. The number of carbonyl (C=O) groups excluding carboxylic acids is 1. The predicted molar refractivity (Wildman–Crippen MR) is 145 cm³/mol. The Morgan fingerprint density at radius 3 is 2.56 bits per heavy atom. The number of esters is 1. The zero-order chi connectivity index (χ0) is 26.3. The molecule has 36 heavy (non-hydrogen) atoms. The van der Waals surface area contributed by atoms with E-state index in [0.717, 1.165) is 42.9 Å². The third kappa shape index (κ3) is 5.75. The van der Waals surface area contributed by atoms with Crippen LogP contribution in [0.25, 0.3) is 0 Å². The number of hydrogen-bond donors (Lipinski definition) is 1. The van der Waals surface area contributed by atoms with Gasteiger partial charge in [0.25, 0.3) is 0 Å². The van der Waals surface area contributed by atoms with Crippen LogP contribution in [-0.2, 0) is 14.3 Å². The Morgan fingerprint density at radius 1 is 1.11 bits per heavy atom. The molecule has 4 nitrogen and oxygen atoms in total. The number of allylic oxidation sites excluding steroid dienone is 1. The molecular formula is C32H54O4. The fraction of sp³-hybridized carbons (Fsp3) is 0.906. The van der Waals surface area contributed by atoms with Gasteiger partial charge < -0.3 is 14.6 Å². The van der Waals surface area contributed by atoms with E-state index in [2.05, 4.69) is 33.8 Å². The van der Waals surface area contributed by atoms with Crippen molar-refractivity contribution in [1.29, 1.82) is 0 Å². The maximum Gasteiger partial charge on any atom is 0.332 e. The minimum atomic E-state index is -0.462. The molecule has 0 aliphatic heterocycles. The van der Waals surface area contributed by atoms with Crippen molar-refractivity contribution in [1.82, 2.24) is 0 Å². The van der Waals surface area contributed by atoms with E-state index < -0.39 is 5.60 Å². The van der Waals surface area contributed by atoms with Crippen LogP contribution in [0.1, 0.15) is 119 Å². The summed E-state index contributed by atoms with van der Waals surface area (Å²) >= 11 is 0. The highest BCUT2D eigenvalue weighted by molar-refractivity contribution is 5.71. The highest BCUT2D eigenvalue weighted by atomic mass is 16.6. The molecule has 8 atom stereocenters. The summed E-state index contributed by atoms with van der Waals surface area (Å²) in [4.78, 5) is 12.2. The van der Waals surface area contributed by atoms with Crippen LogP contribution in [0.2, 0.25) is 0 Å². The molecule has 0 radical (unpaired) electrons. The van der Waals surface area contributed by atoms with Crippen molar-refractivity contribution >= 4 is 5.97 Å². The average molecular weight is 503 g/mol. The van der Waals surface area contributed by atoms with E-state index in [-0.39, 0.29) is 24.8 Å². The van der Waals surface area contributed by atoms with E-state index in [4.69, 9.17) is 9.47 Å². The van der Waals surface area contributed by atoms with Crippen LogP contribution in [0.5, 0.6) is 0 Å². The Morgan fingerprint density at radius 2 is 1.86 bits per heavy atom. The molecule has 1 N–H and O–H groups in total. The molecule has 0 heterocycles. The molecule has 4 aliphatic carbocycles. The lowest BCUT2D eigenvalue weighted by Crippen LogP contribution is -2.50. The first kappa shape index (κ1) is 28.1. The first-order chi connectivity index (χ1) is 16.8. The van der Waals surface area contributed by atoms with E-state index in [1.807, 2.05) is 20.8 Å². The summed E-state index contributed by atoms with van der Waals surface area (Å²) in [6.07, 6.45) is 16.0. The predicted octanol–water partition coefficient (Wildman–Crippen LogP) is 7.48. The molecular weight excluding hydrogens is 448 g/mol. The second kappa shape index (κ2) is 10.7. The van der Waals surface area contributed by atoms with Crippen molar-refractivity contribution in [2.24, 2.45) is 40.4 Å². The quantitative estimate of drug-likeness (QED) is 0.276. The second-order valence-corrected chi connectivity index (χ2v) is 14.6. The molecule has 0 bridgehead atoms. The van der Waals surface area contributed by atoms with Gasteiger partial charge in [-0.3, -0.25) is 0 Å². The first-order valence-electron chi connectivity index (χ1n) is 15.0. The van der Waals surface area contributed by atoms with Gasteiger partial charge in [0.15, 0.2) is 0 Å². The summed E-state index contributed by atoms with van der Waals surface area (Å²) in [6.45, 7) is 15.2. The Balaban J connectivity index is 1.36. The van der Waals surface area contributed by atoms with E-state index in [0.29, 0.717) is 16.7 Å². The van der Waals surface area contributed by atoms with Crippen LogP contribution in [0.3, 0.4) is 0 Å². The van der Waals surface area contributed by atoms with Crippen molar-refractivity contribution in [3.8, 4) is 0 Å². The molecule has 0 saturated heterocycles. The summed E-state index contributed by atoms with van der Waals surface area (Å²) in [5, 5.41) is 10.3. The second-order valence-electron chi connectivity index (χ2n) is 14.6. The maximum absolute atomic E-state index is 12.2. The van der Waals surface area contributed by atoms with Gasteiger partial charge in [-0.1, -0.05) is 45.8 Å². The van der Waals surface area contributed by atoms with Gasteiger partial charge in [-0.25, -0.2) is 4.79 Å². The van der Waals surface area contributed by atoms with Crippen LogP contribution in [-0.4, -0.2) is 35.5 Å². The summed E-state index contributed by atoms with van der Waals surface area (Å²) in [5.74, 6) is 3.42. The lowest BCUT2D eigenvalue weighted by atomic mass is 9.47. The highest BCUT2D eigenvalue weighted by Gasteiger charge is 2.58. The third-order valence-electron chi connectivity index (χ3n) is 10.9. The minimum absolute atomic E-state index is 0.0635. The van der Waals surface area contributed by atoms with E-state index in [1.54, 1.807) is 5.57 Å². The lowest BCUT2D eigenvalue weighted by molar-refractivity contribution is -0.163. The molecule has 0 aromatic heterocycles. The fourth-order valence-corrected chi connectivity index (χ4v) is 8.82. The molecule has 8 unspecified atom stereocenters. The number of aliphatic hydroxyl groups excluding tert-OH is 1. The largest absolute Gasteiger partial charge is 0.458 e. The first-order valence-corrected chi connectivity index (χ1v) is 15.0. The van der Waals surface area contributed by atoms with Crippen molar-refractivity contribution in [2.75, 3.05) is 6.61 Å². The number of rotatable bonds is 8. The molecule has 3 saturated carbocycles. The van der Waals surface area contributed by atoms with Gasteiger partial charge >= 0.3 is 5.97 Å². The zero-order valence-electron chi connectivity index (χ0n) is 24.3. The smallest absolute Gasteiger partial charge is 0.332 e. The summed E-state index contributed by atoms with van der Waals surface area (Å²) in [6, 6.07) is 0. The van der Waals surface area contributed by atoms with Crippen LogP contribution in [0.4, 0.5) is 0 Å². The van der Waals surface area contributed by atoms with Crippen molar-refractivity contribution in [3.05, 3.63) is 11.6 Å². The summed E-state index contributed by atoms with van der Waals surface area (Å²) in [7, 11) is 0. The summed E-state index contributed by atoms with van der Waals surface area (Å²) in [5.41, 5.74) is 1.93. The monoisotopic (exact) mass is 502 g/mol. The van der Waals surface area contributed by atoms with Gasteiger partial charge in [-0.05, 0) is 125 Å². The minimum Gasteiger partial charge on any atom is -0.458 e. The summed E-state index contributed by atoms with van der Waals surface area (Å²) < 4.78 is 11.5. The molecule has 3 fully saturated rings. The van der Waals surface area contributed by atoms with Gasteiger partial charge in [0, 0.05) is 0 Å². The van der Waals surface area contributed by atoms with Crippen LogP contribution < -0.4 is 0 Å². The molecule has 4 heteroatoms. The van der Waals surface area contributed by atoms with Gasteiger partial charge in [0.05, 0.1) is 12.2 Å². The number of aliphatic hydroxyl groups is 1. The molecule has 0 amide bonds. The molecule has 0 aromatic carbocycles. The van der Waals surface area contributed by atoms with Crippen LogP contribution in [0, 0.1) is 40.4 Å². The number of ether oxygens (including phenoxy) is 2. The van der Waals surface area contributed by atoms with Crippen molar-refractivity contribution < 1.29 is 19.4 Å².